The van der Waals surface area contributed by atoms with Crippen molar-refractivity contribution in [2.75, 3.05) is 5.32 Å². The first-order valence-electron chi connectivity index (χ1n) is 8.19. The van der Waals surface area contributed by atoms with Crippen LogP contribution in [0.2, 0.25) is 0 Å². The molecule has 0 amide bonds. The van der Waals surface area contributed by atoms with E-state index in [9.17, 15) is 0 Å². The average Bonchev–Trinajstić information content (AvgIpc) is 2.26. The van der Waals surface area contributed by atoms with E-state index in [-0.39, 0.29) is 6.10 Å². The number of hydrogen-bond acceptors (Lipinski definition) is 2. The van der Waals surface area contributed by atoms with Crippen LogP contribution in [0.3, 0.4) is 0 Å². The van der Waals surface area contributed by atoms with Crippen LogP contribution < -0.4 is 10.1 Å². The third-order valence-electron chi connectivity index (χ3n) is 4.16. The Bertz CT molecular complexity index is 460. The van der Waals surface area contributed by atoms with Gasteiger partial charge in [-0.1, -0.05) is 39.8 Å². The third-order valence-corrected chi connectivity index (χ3v) is 4.16. The van der Waals surface area contributed by atoms with Gasteiger partial charge in [0.05, 0.1) is 11.8 Å². The van der Waals surface area contributed by atoms with Crippen LogP contribution in [0.4, 0.5) is 5.69 Å². The van der Waals surface area contributed by atoms with Crippen molar-refractivity contribution >= 4 is 5.69 Å². The Morgan fingerprint density at radius 3 is 2.19 bits per heavy atom. The molecule has 2 rings (SSSR count). The predicted molar refractivity (Wildman–Crippen MR) is 91.0 cm³/mol. The van der Waals surface area contributed by atoms with E-state index in [1.165, 1.54) is 19.3 Å². The highest BCUT2D eigenvalue weighted by atomic mass is 16.5. The monoisotopic (exact) mass is 289 g/mol. The number of para-hydroxylation sites is 2. The summed E-state index contributed by atoms with van der Waals surface area (Å²) in [7, 11) is 0. The summed E-state index contributed by atoms with van der Waals surface area (Å²) in [5.74, 6) is 0.966. The van der Waals surface area contributed by atoms with Crippen molar-refractivity contribution in [3.05, 3.63) is 24.3 Å². The minimum atomic E-state index is 0.201. The Kier molecular flexibility index (Phi) is 4.55. The van der Waals surface area contributed by atoms with E-state index < -0.39 is 0 Å². The summed E-state index contributed by atoms with van der Waals surface area (Å²) in [4.78, 5) is 0. The van der Waals surface area contributed by atoms with Crippen LogP contribution in [-0.2, 0) is 0 Å². The molecule has 1 fully saturated rings. The van der Waals surface area contributed by atoms with E-state index in [0.29, 0.717) is 16.9 Å². The standard InChI is InChI=1S/C19H31NO/c1-14(2)21-17-10-8-7-9-16(17)20-15-11-18(3,4)13-19(5,6)12-15/h7-10,14-15,20H,11-13H2,1-6H3. The summed E-state index contributed by atoms with van der Waals surface area (Å²) >= 11 is 0. The van der Waals surface area contributed by atoms with Crippen molar-refractivity contribution in [1.29, 1.82) is 0 Å². The SMILES string of the molecule is CC(C)Oc1ccccc1NC1CC(C)(C)CC(C)(C)C1. The van der Waals surface area contributed by atoms with Gasteiger partial charge in [0.15, 0.2) is 0 Å². The van der Waals surface area contributed by atoms with Crippen molar-refractivity contribution in [3.8, 4) is 5.75 Å². The normalized spacial score (nSPS) is 21.3. The molecule has 0 aromatic heterocycles. The second-order valence-electron chi connectivity index (χ2n) is 8.42. The van der Waals surface area contributed by atoms with Gasteiger partial charge in [0.2, 0.25) is 0 Å². The smallest absolute Gasteiger partial charge is 0.142 e. The predicted octanol–water partition coefficient (Wildman–Crippen LogP) is 5.49. The Balaban J connectivity index is 2.14. The second kappa shape index (κ2) is 5.90. The fourth-order valence-corrected chi connectivity index (χ4v) is 4.11. The molecule has 1 saturated carbocycles. The minimum Gasteiger partial charge on any atom is -0.489 e. The van der Waals surface area contributed by atoms with Gasteiger partial charge in [-0.2, -0.15) is 0 Å². The minimum absolute atomic E-state index is 0.201. The fourth-order valence-electron chi connectivity index (χ4n) is 4.11. The van der Waals surface area contributed by atoms with Gasteiger partial charge in [-0.05, 0) is 56.1 Å². The van der Waals surface area contributed by atoms with Crippen molar-refractivity contribution in [3.63, 3.8) is 0 Å². The lowest BCUT2D eigenvalue weighted by atomic mass is 9.63. The Labute approximate surface area is 130 Å². The van der Waals surface area contributed by atoms with E-state index in [4.69, 9.17) is 4.74 Å². The zero-order valence-corrected chi connectivity index (χ0v) is 14.5. The van der Waals surface area contributed by atoms with Gasteiger partial charge >= 0.3 is 0 Å². The zero-order valence-electron chi connectivity index (χ0n) is 14.5. The molecular weight excluding hydrogens is 258 g/mol. The Hall–Kier alpha value is -1.18. The van der Waals surface area contributed by atoms with Gasteiger partial charge in [-0.15, -0.1) is 0 Å². The highest BCUT2D eigenvalue weighted by Gasteiger charge is 2.38. The van der Waals surface area contributed by atoms with Crippen LogP contribution in [0.25, 0.3) is 0 Å². The number of benzene rings is 1. The molecule has 2 heteroatoms. The molecule has 0 bridgehead atoms. The molecule has 21 heavy (non-hydrogen) atoms. The maximum absolute atomic E-state index is 5.93. The van der Waals surface area contributed by atoms with Crippen molar-refractivity contribution in [1.82, 2.24) is 0 Å². The number of ether oxygens (including phenoxy) is 1. The van der Waals surface area contributed by atoms with Gasteiger partial charge in [0.25, 0.3) is 0 Å². The summed E-state index contributed by atoms with van der Waals surface area (Å²) in [6, 6.07) is 8.82. The zero-order chi connectivity index (χ0) is 15.7. The van der Waals surface area contributed by atoms with Crippen LogP contribution in [0.1, 0.15) is 60.8 Å². The number of anilines is 1. The molecule has 118 valence electrons. The lowest BCUT2D eigenvalue weighted by Gasteiger charge is -2.45. The number of hydrogen-bond donors (Lipinski definition) is 1. The van der Waals surface area contributed by atoms with Crippen LogP contribution in [0.15, 0.2) is 24.3 Å². The molecule has 0 spiro atoms. The summed E-state index contributed by atoms with van der Waals surface area (Å²) in [6.45, 7) is 13.7. The highest BCUT2D eigenvalue weighted by Crippen LogP contribution is 2.46. The first kappa shape index (κ1) is 16.2. The van der Waals surface area contributed by atoms with Gasteiger partial charge < -0.3 is 10.1 Å². The third kappa shape index (κ3) is 4.66. The first-order chi connectivity index (χ1) is 9.67. The molecule has 1 N–H and O–H groups in total. The Morgan fingerprint density at radius 2 is 1.62 bits per heavy atom. The summed E-state index contributed by atoms with van der Waals surface area (Å²) < 4.78 is 5.93. The van der Waals surface area contributed by atoms with Gasteiger partial charge in [-0.3, -0.25) is 0 Å². The van der Waals surface area contributed by atoms with Crippen molar-refractivity contribution in [2.24, 2.45) is 10.8 Å². The second-order valence-corrected chi connectivity index (χ2v) is 8.42. The Morgan fingerprint density at radius 1 is 1.05 bits per heavy atom. The van der Waals surface area contributed by atoms with Crippen molar-refractivity contribution in [2.45, 2.75) is 73.0 Å². The van der Waals surface area contributed by atoms with E-state index in [2.05, 4.69) is 65.1 Å². The maximum atomic E-state index is 5.93. The van der Waals surface area contributed by atoms with Gasteiger partial charge in [0.1, 0.15) is 5.75 Å². The van der Waals surface area contributed by atoms with Crippen LogP contribution in [0, 0.1) is 10.8 Å². The molecule has 1 aliphatic carbocycles. The molecule has 2 nitrogen and oxygen atoms in total. The first-order valence-corrected chi connectivity index (χ1v) is 8.19. The molecule has 1 aromatic carbocycles. The summed E-state index contributed by atoms with van der Waals surface area (Å²) in [5.41, 5.74) is 1.92. The van der Waals surface area contributed by atoms with E-state index in [1.807, 2.05) is 6.07 Å². The lowest BCUT2D eigenvalue weighted by molar-refractivity contribution is 0.105. The van der Waals surface area contributed by atoms with E-state index in [0.717, 1.165) is 11.4 Å². The summed E-state index contributed by atoms with van der Waals surface area (Å²) in [6.07, 6.45) is 3.92. The van der Waals surface area contributed by atoms with E-state index >= 15 is 0 Å². The van der Waals surface area contributed by atoms with Crippen LogP contribution in [0.5, 0.6) is 5.75 Å². The molecule has 0 aliphatic heterocycles. The van der Waals surface area contributed by atoms with Crippen LogP contribution >= 0.6 is 0 Å². The fraction of sp³-hybridized carbons (Fsp3) is 0.684. The molecule has 0 saturated heterocycles. The molecule has 1 aliphatic rings. The largest absolute Gasteiger partial charge is 0.489 e. The van der Waals surface area contributed by atoms with E-state index in [1.54, 1.807) is 0 Å². The molecule has 0 heterocycles. The molecule has 1 aromatic rings. The van der Waals surface area contributed by atoms with Crippen molar-refractivity contribution < 1.29 is 4.74 Å². The topological polar surface area (TPSA) is 21.3 Å². The molecule has 0 atom stereocenters. The van der Waals surface area contributed by atoms with Crippen LogP contribution in [-0.4, -0.2) is 12.1 Å². The molecule has 0 radical (unpaired) electrons. The molecular formula is C19H31NO. The van der Waals surface area contributed by atoms with Gasteiger partial charge in [-0.25, -0.2) is 0 Å². The number of rotatable bonds is 4. The molecule has 0 unspecified atom stereocenters. The average molecular weight is 289 g/mol. The highest BCUT2D eigenvalue weighted by molar-refractivity contribution is 5.57. The summed E-state index contributed by atoms with van der Waals surface area (Å²) in [5, 5.41) is 3.74. The van der Waals surface area contributed by atoms with Gasteiger partial charge in [0, 0.05) is 6.04 Å². The quantitative estimate of drug-likeness (QED) is 0.791. The maximum Gasteiger partial charge on any atom is 0.142 e. The number of nitrogens with one attached hydrogen (secondary N) is 1. The lowest BCUT2D eigenvalue weighted by Crippen LogP contribution is -2.40.